The van der Waals surface area contributed by atoms with E-state index in [4.69, 9.17) is 4.74 Å². The highest BCUT2D eigenvalue weighted by Crippen LogP contribution is 2.23. The minimum Gasteiger partial charge on any atom is -0.488 e. The third-order valence-corrected chi connectivity index (χ3v) is 5.88. The van der Waals surface area contributed by atoms with E-state index >= 15 is 0 Å². The van der Waals surface area contributed by atoms with Gasteiger partial charge in [0.25, 0.3) is 11.8 Å². The SMILES string of the molecule is Cc1ccccc1C(=O)Nc1ccccc1C(=O)N/N=C/c1cc(Br)ccc1OCc1ccccc1. The number of rotatable bonds is 8. The second kappa shape index (κ2) is 12.0. The lowest BCUT2D eigenvalue weighted by Crippen LogP contribution is -2.21. The number of amides is 2. The van der Waals surface area contributed by atoms with Crippen LogP contribution in [0.3, 0.4) is 0 Å². The highest BCUT2D eigenvalue weighted by molar-refractivity contribution is 9.10. The van der Waals surface area contributed by atoms with E-state index in [1.54, 1.807) is 36.4 Å². The molecule has 0 saturated carbocycles. The molecule has 0 saturated heterocycles. The smallest absolute Gasteiger partial charge is 0.273 e. The van der Waals surface area contributed by atoms with Gasteiger partial charge in [-0.2, -0.15) is 5.10 Å². The summed E-state index contributed by atoms with van der Waals surface area (Å²) < 4.78 is 6.82. The van der Waals surface area contributed by atoms with Gasteiger partial charge in [-0.25, -0.2) is 5.43 Å². The number of carbonyl (C=O) groups is 2. The summed E-state index contributed by atoms with van der Waals surface area (Å²) in [4.78, 5) is 25.6. The molecule has 4 aromatic carbocycles. The number of para-hydroxylation sites is 1. The molecule has 0 radical (unpaired) electrons. The number of benzene rings is 4. The second-order valence-electron chi connectivity index (χ2n) is 7.97. The number of hydrogen-bond acceptors (Lipinski definition) is 4. The molecule has 0 atom stereocenters. The van der Waals surface area contributed by atoms with Crippen LogP contribution in [-0.2, 0) is 6.61 Å². The van der Waals surface area contributed by atoms with Crippen molar-refractivity contribution < 1.29 is 14.3 Å². The van der Waals surface area contributed by atoms with E-state index in [0.717, 1.165) is 15.6 Å². The number of hydrogen-bond donors (Lipinski definition) is 2. The lowest BCUT2D eigenvalue weighted by molar-refractivity contribution is 0.0956. The molecular weight excluding hydrogens is 518 g/mol. The van der Waals surface area contributed by atoms with Crippen molar-refractivity contribution in [1.82, 2.24) is 5.43 Å². The van der Waals surface area contributed by atoms with Gasteiger partial charge in [0.05, 0.1) is 17.5 Å². The zero-order chi connectivity index (χ0) is 25.3. The van der Waals surface area contributed by atoms with E-state index in [2.05, 4.69) is 31.8 Å². The van der Waals surface area contributed by atoms with Crippen LogP contribution >= 0.6 is 15.9 Å². The van der Waals surface area contributed by atoms with Crippen molar-refractivity contribution in [2.24, 2.45) is 5.10 Å². The number of anilines is 1. The van der Waals surface area contributed by atoms with Crippen molar-refractivity contribution in [3.8, 4) is 5.75 Å². The molecule has 0 aliphatic rings. The van der Waals surface area contributed by atoms with Crippen LogP contribution in [0.4, 0.5) is 5.69 Å². The van der Waals surface area contributed by atoms with E-state index in [1.165, 1.54) is 6.21 Å². The molecule has 0 bridgehead atoms. The van der Waals surface area contributed by atoms with Crippen LogP contribution in [0.5, 0.6) is 5.75 Å². The first-order valence-electron chi connectivity index (χ1n) is 11.3. The summed E-state index contributed by atoms with van der Waals surface area (Å²) in [6.07, 6.45) is 1.53. The second-order valence-corrected chi connectivity index (χ2v) is 8.89. The summed E-state index contributed by atoms with van der Waals surface area (Å²) in [5.41, 5.74) is 6.37. The first-order chi connectivity index (χ1) is 17.5. The van der Waals surface area contributed by atoms with Gasteiger partial charge in [0.15, 0.2) is 0 Å². The summed E-state index contributed by atoms with van der Waals surface area (Å²) in [6.45, 7) is 2.27. The Kier molecular flexibility index (Phi) is 8.26. The first kappa shape index (κ1) is 24.9. The minimum atomic E-state index is -0.450. The van der Waals surface area contributed by atoms with Gasteiger partial charge >= 0.3 is 0 Å². The van der Waals surface area contributed by atoms with Crippen molar-refractivity contribution in [2.45, 2.75) is 13.5 Å². The largest absolute Gasteiger partial charge is 0.488 e. The number of nitrogens with one attached hydrogen (secondary N) is 2. The Morgan fingerprint density at radius 1 is 0.861 bits per heavy atom. The summed E-state index contributed by atoms with van der Waals surface area (Å²) in [7, 11) is 0. The van der Waals surface area contributed by atoms with Crippen molar-refractivity contribution in [3.05, 3.63) is 129 Å². The molecule has 0 heterocycles. The quantitative estimate of drug-likeness (QED) is 0.201. The molecule has 2 N–H and O–H groups in total. The van der Waals surface area contributed by atoms with Gasteiger partial charge in [-0.15, -0.1) is 0 Å². The number of halogens is 1. The van der Waals surface area contributed by atoms with E-state index in [1.807, 2.05) is 67.6 Å². The molecule has 0 aliphatic heterocycles. The monoisotopic (exact) mass is 541 g/mol. The Morgan fingerprint density at radius 2 is 1.56 bits per heavy atom. The third kappa shape index (κ3) is 6.46. The molecule has 180 valence electrons. The molecule has 6 nitrogen and oxygen atoms in total. The van der Waals surface area contributed by atoms with Crippen LogP contribution in [0.1, 0.15) is 37.4 Å². The van der Waals surface area contributed by atoms with Crippen molar-refractivity contribution in [1.29, 1.82) is 0 Å². The van der Waals surface area contributed by atoms with Gasteiger partial charge in [0.2, 0.25) is 0 Å². The Bertz CT molecular complexity index is 1400. The fourth-order valence-corrected chi connectivity index (χ4v) is 3.89. The summed E-state index contributed by atoms with van der Waals surface area (Å²) in [5, 5.41) is 6.96. The highest BCUT2D eigenvalue weighted by Gasteiger charge is 2.15. The molecule has 36 heavy (non-hydrogen) atoms. The predicted octanol–water partition coefficient (Wildman–Crippen LogP) is 6.35. The van der Waals surface area contributed by atoms with Gasteiger partial charge in [-0.05, 0) is 54.4 Å². The lowest BCUT2D eigenvalue weighted by atomic mass is 10.1. The van der Waals surface area contributed by atoms with Crippen LogP contribution in [0.2, 0.25) is 0 Å². The average Bonchev–Trinajstić information content (AvgIpc) is 2.89. The van der Waals surface area contributed by atoms with Crippen molar-refractivity contribution in [3.63, 3.8) is 0 Å². The fourth-order valence-electron chi connectivity index (χ4n) is 3.52. The highest BCUT2D eigenvalue weighted by atomic mass is 79.9. The summed E-state index contributed by atoms with van der Waals surface area (Å²) in [5.74, 6) is -0.106. The van der Waals surface area contributed by atoms with Crippen LogP contribution in [0, 0.1) is 6.92 Å². The third-order valence-electron chi connectivity index (χ3n) is 5.39. The van der Waals surface area contributed by atoms with E-state index in [0.29, 0.717) is 34.7 Å². The summed E-state index contributed by atoms with van der Waals surface area (Å²) in [6, 6.07) is 29.5. The van der Waals surface area contributed by atoms with Gasteiger partial charge in [-0.3, -0.25) is 9.59 Å². The molecule has 7 heteroatoms. The molecule has 4 rings (SSSR count). The molecule has 2 amide bonds. The zero-order valence-corrected chi connectivity index (χ0v) is 21.2. The number of nitrogens with zero attached hydrogens (tertiary/aromatic N) is 1. The Balaban J connectivity index is 1.45. The summed E-state index contributed by atoms with van der Waals surface area (Å²) >= 11 is 3.46. The molecule has 0 spiro atoms. The molecule has 0 unspecified atom stereocenters. The molecular formula is C29H24BrN3O3. The number of ether oxygens (including phenoxy) is 1. The standard InChI is InChI=1S/C29H24BrN3O3/c1-20-9-5-6-12-24(20)28(34)32-26-14-8-7-13-25(26)29(35)33-31-18-22-17-23(30)15-16-27(22)36-19-21-10-3-2-4-11-21/h2-18H,19H2,1H3,(H,32,34)(H,33,35)/b31-18+. The molecule has 0 aromatic heterocycles. The number of aryl methyl sites for hydroxylation is 1. The maximum atomic E-state index is 12.9. The Hall–Kier alpha value is -4.23. The molecule has 0 aliphatic carbocycles. The van der Waals surface area contributed by atoms with Gasteiger partial charge in [0, 0.05) is 15.6 Å². The van der Waals surface area contributed by atoms with Crippen LogP contribution in [0.25, 0.3) is 0 Å². The van der Waals surface area contributed by atoms with Crippen LogP contribution < -0.4 is 15.5 Å². The number of carbonyl (C=O) groups excluding carboxylic acids is 2. The Labute approximate surface area is 218 Å². The maximum Gasteiger partial charge on any atom is 0.273 e. The van der Waals surface area contributed by atoms with Crippen LogP contribution in [-0.4, -0.2) is 18.0 Å². The van der Waals surface area contributed by atoms with Gasteiger partial charge in [0.1, 0.15) is 12.4 Å². The number of hydrazone groups is 1. The van der Waals surface area contributed by atoms with Gasteiger partial charge in [-0.1, -0.05) is 76.6 Å². The van der Waals surface area contributed by atoms with Crippen molar-refractivity contribution in [2.75, 3.05) is 5.32 Å². The molecule has 4 aromatic rings. The van der Waals surface area contributed by atoms with E-state index < -0.39 is 5.91 Å². The zero-order valence-electron chi connectivity index (χ0n) is 19.6. The van der Waals surface area contributed by atoms with E-state index in [-0.39, 0.29) is 5.91 Å². The average molecular weight is 542 g/mol. The minimum absolute atomic E-state index is 0.286. The maximum absolute atomic E-state index is 12.9. The normalized spacial score (nSPS) is 10.7. The molecule has 0 fully saturated rings. The van der Waals surface area contributed by atoms with E-state index in [9.17, 15) is 9.59 Å². The topological polar surface area (TPSA) is 79.8 Å². The predicted molar refractivity (Wildman–Crippen MR) is 146 cm³/mol. The fraction of sp³-hybridized carbons (Fsp3) is 0.0690. The van der Waals surface area contributed by atoms with Crippen molar-refractivity contribution >= 4 is 39.6 Å². The van der Waals surface area contributed by atoms with Crippen LogP contribution in [0.15, 0.2) is 107 Å². The first-order valence-corrected chi connectivity index (χ1v) is 12.1. The van der Waals surface area contributed by atoms with Gasteiger partial charge < -0.3 is 10.1 Å². The lowest BCUT2D eigenvalue weighted by Gasteiger charge is -2.11. The Morgan fingerprint density at radius 3 is 2.33 bits per heavy atom.